The number of hydrogen-bond donors (Lipinski definition) is 2. The van der Waals surface area contributed by atoms with Gasteiger partial charge in [0.25, 0.3) is 0 Å². The van der Waals surface area contributed by atoms with Crippen LogP contribution in [0.5, 0.6) is 0 Å². The highest BCUT2D eigenvalue weighted by Gasteiger charge is 2.08. The molecule has 0 heterocycles. The van der Waals surface area contributed by atoms with E-state index >= 15 is 0 Å². The van der Waals surface area contributed by atoms with Crippen molar-refractivity contribution in [2.75, 3.05) is 31.4 Å². The van der Waals surface area contributed by atoms with Gasteiger partial charge in [-0.25, -0.2) is 9.18 Å². The second kappa shape index (κ2) is 14.8. The van der Waals surface area contributed by atoms with Crippen LogP contribution in [-0.2, 0) is 16.1 Å². The van der Waals surface area contributed by atoms with Crippen LogP contribution in [0.1, 0.15) is 27.0 Å². The van der Waals surface area contributed by atoms with Gasteiger partial charge in [0.1, 0.15) is 12.1 Å². The number of benzene rings is 4. The molecule has 204 valence electrons. The molecule has 0 amide bonds. The summed E-state index contributed by atoms with van der Waals surface area (Å²) in [6, 6.07) is 27.9. The molecule has 7 heteroatoms. The average Bonchev–Trinajstić information content (AvgIpc) is 3.00. The van der Waals surface area contributed by atoms with Gasteiger partial charge < -0.3 is 20.4 Å². The fourth-order valence-electron chi connectivity index (χ4n) is 3.93. The lowest BCUT2D eigenvalue weighted by atomic mass is 10.0. The fourth-order valence-corrected chi connectivity index (χ4v) is 3.93. The Morgan fingerprint density at radius 1 is 0.950 bits per heavy atom. The first-order valence-corrected chi connectivity index (χ1v) is 12.6. The summed E-state index contributed by atoms with van der Waals surface area (Å²) >= 11 is 0. The van der Waals surface area contributed by atoms with Crippen molar-refractivity contribution in [3.63, 3.8) is 0 Å². The Bertz CT molecular complexity index is 1470. The quantitative estimate of drug-likeness (QED) is 0.106. The van der Waals surface area contributed by atoms with Crippen LogP contribution in [0.25, 0.3) is 17.2 Å². The Labute approximate surface area is 234 Å². The van der Waals surface area contributed by atoms with E-state index in [0.29, 0.717) is 17.8 Å². The van der Waals surface area contributed by atoms with Crippen molar-refractivity contribution < 1.29 is 18.7 Å². The summed E-state index contributed by atoms with van der Waals surface area (Å²) < 4.78 is 18.7. The van der Waals surface area contributed by atoms with E-state index < -0.39 is 5.97 Å². The first-order valence-electron chi connectivity index (χ1n) is 12.6. The van der Waals surface area contributed by atoms with Gasteiger partial charge in [0.2, 0.25) is 0 Å². The third kappa shape index (κ3) is 8.49. The number of carbonyl (C=O) groups excluding carboxylic acids is 2. The van der Waals surface area contributed by atoms with Gasteiger partial charge >= 0.3 is 5.97 Å². The molecule has 4 aromatic rings. The van der Waals surface area contributed by atoms with E-state index in [4.69, 9.17) is 5.41 Å². The molecule has 0 aliphatic heterocycles. The van der Waals surface area contributed by atoms with Gasteiger partial charge in [0, 0.05) is 55.4 Å². The van der Waals surface area contributed by atoms with E-state index in [-0.39, 0.29) is 5.82 Å². The Morgan fingerprint density at radius 3 is 2.25 bits per heavy atom. The molecule has 0 fully saturated rings. The van der Waals surface area contributed by atoms with Crippen molar-refractivity contribution in [2.24, 2.45) is 0 Å². The highest BCUT2D eigenvalue weighted by atomic mass is 19.1. The molecule has 4 rings (SSSR count). The second-order valence-electron chi connectivity index (χ2n) is 8.88. The normalized spacial score (nSPS) is 10.3. The predicted octanol–water partition coefficient (Wildman–Crippen LogP) is 6.85. The molecule has 0 aromatic heterocycles. The Morgan fingerprint density at radius 2 is 1.65 bits per heavy atom. The number of nitrogens with zero attached hydrogens (tertiary/aromatic N) is 1. The zero-order chi connectivity index (χ0) is 28.9. The maximum absolute atomic E-state index is 14.1. The number of methoxy groups -OCH3 is 1. The van der Waals surface area contributed by atoms with Crippen LogP contribution in [0.2, 0.25) is 0 Å². The molecular weight excluding hydrogens is 505 g/mol. The molecule has 0 spiro atoms. The number of hydrogen-bond acceptors (Lipinski definition) is 6. The van der Waals surface area contributed by atoms with Crippen LogP contribution in [-0.4, -0.2) is 39.7 Å². The molecule has 6 nitrogen and oxygen atoms in total. The molecule has 0 atom stereocenters. The van der Waals surface area contributed by atoms with Gasteiger partial charge in [-0.15, -0.1) is 0 Å². The molecule has 0 saturated heterocycles. The van der Waals surface area contributed by atoms with Gasteiger partial charge in [-0.3, -0.25) is 4.79 Å². The Kier molecular flexibility index (Phi) is 10.9. The topological polar surface area (TPSA) is 82.5 Å². The first kappa shape index (κ1) is 29.5. The van der Waals surface area contributed by atoms with Gasteiger partial charge in [-0.05, 0) is 58.7 Å². The summed E-state index contributed by atoms with van der Waals surface area (Å²) in [4.78, 5) is 23.3. The maximum atomic E-state index is 14.1. The second-order valence-corrected chi connectivity index (χ2v) is 8.88. The van der Waals surface area contributed by atoms with Crippen LogP contribution in [0.15, 0.2) is 97.1 Å². The summed E-state index contributed by atoms with van der Waals surface area (Å²) in [5.41, 5.74) is 6.93. The highest BCUT2D eigenvalue weighted by Crippen LogP contribution is 2.26. The zero-order valence-corrected chi connectivity index (χ0v) is 22.7. The summed E-state index contributed by atoms with van der Waals surface area (Å²) in [6.45, 7) is 0.592. The van der Waals surface area contributed by atoms with E-state index in [1.54, 1.807) is 12.1 Å². The third-order valence-corrected chi connectivity index (χ3v) is 6.08. The number of anilines is 2. The fraction of sp³-hybridized carbons (Fsp3) is 0.121. The molecule has 0 bridgehead atoms. The predicted molar refractivity (Wildman–Crippen MR) is 161 cm³/mol. The largest absolute Gasteiger partial charge is 0.466 e. The number of halogens is 1. The smallest absolute Gasteiger partial charge is 0.330 e. The maximum Gasteiger partial charge on any atom is 0.330 e. The van der Waals surface area contributed by atoms with Gasteiger partial charge in [-0.2, -0.15) is 0 Å². The van der Waals surface area contributed by atoms with Crippen molar-refractivity contribution in [2.45, 2.75) is 6.54 Å². The minimum atomic E-state index is -0.488. The van der Waals surface area contributed by atoms with Gasteiger partial charge in [-0.1, -0.05) is 60.7 Å². The van der Waals surface area contributed by atoms with Crippen molar-refractivity contribution in [3.05, 3.63) is 125 Å². The number of nitrogens with one attached hydrogen (secondary N) is 2. The monoisotopic (exact) mass is 537 g/mol. The highest BCUT2D eigenvalue weighted by molar-refractivity contribution is 5.88. The molecule has 4 aromatic carbocycles. The van der Waals surface area contributed by atoms with Crippen molar-refractivity contribution in [1.82, 2.24) is 0 Å². The molecule has 0 aliphatic rings. The van der Waals surface area contributed by atoms with E-state index in [0.717, 1.165) is 39.8 Å². The van der Waals surface area contributed by atoms with Crippen LogP contribution >= 0.6 is 0 Å². The SMILES string of the molecule is CNc1ccc(-c2ccc(CN(C)c3cc(F)cc(/C=C/C(=O)OC)c3)cc2)cc1C=N.O=Cc1ccccc1. The number of rotatable bonds is 9. The summed E-state index contributed by atoms with van der Waals surface area (Å²) in [5, 5.41) is 10.7. The standard InChI is InChI=1S/C26H26FN3O2.C7H6O/c1-29-25-10-9-21(14-22(25)16-28)20-7-4-18(5-8-20)17-30(2)24-13-19(12-23(27)15-24)6-11-26(31)32-3;8-6-7-4-2-1-3-5-7/h4-16,28-29H,17H2,1-3H3;1-6H/b11-6+,28-16?;. The lowest BCUT2D eigenvalue weighted by Crippen LogP contribution is -2.16. The molecule has 0 saturated carbocycles. The van der Waals surface area contributed by atoms with E-state index in [1.165, 1.54) is 37.6 Å². The lowest BCUT2D eigenvalue weighted by Gasteiger charge is -2.20. The van der Waals surface area contributed by atoms with Crippen molar-refractivity contribution >= 4 is 35.9 Å². The minimum Gasteiger partial charge on any atom is -0.466 e. The zero-order valence-electron chi connectivity index (χ0n) is 22.7. The van der Waals surface area contributed by atoms with E-state index in [1.807, 2.05) is 85.7 Å². The van der Waals surface area contributed by atoms with E-state index in [2.05, 4.69) is 10.1 Å². The molecule has 2 N–H and O–H groups in total. The Balaban J connectivity index is 0.000000472. The first-order chi connectivity index (χ1) is 19.4. The van der Waals surface area contributed by atoms with Gasteiger partial charge in [0.05, 0.1) is 7.11 Å². The van der Waals surface area contributed by atoms with Crippen LogP contribution < -0.4 is 10.2 Å². The van der Waals surface area contributed by atoms with E-state index in [9.17, 15) is 14.0 Å². The summed E-state index contributed by atoms with van der Waals surface area (Å²) in [5.74, 6) is -0.862. The van der Waals surface area contributed by atoms with Gasteiger partial charge in [0.15, 0.2) is 0 Å². The molecule has 40 heavy (non-hydrogen) atoms. The average molecular weight is 538 g/mol. The number of aldehydes is 1. The minimum absolute atomic E-state index is 0.374. The number of carbonyl (C=O) groups is 2. The Hall–Kier alpha value is -5.04. The summed E-state index contributed by atoms with van der Waals surface area (Å²) in [6.07, 6.45) is 4.97. The van der Waals surface area contributed by atoms with Crippen LogP contribution in [0.4, 0.5) is 15.8 Å². The molecule has 0 radical (unpaired) electrons. The van der Waals surface area contributed by atoms with Crippen molar-refractivity contribution in [1.29, 1.82) is 5.41 Å². The molecule has 0 aliphatic carbocycles. The number of ether oxygens (including phenoxy) is 1. The van der Waals surface area contributed by atoms with Crippen LogP contribution in [0.3, 0.4) is 0 Å². The molecular formula is C33H32FN3O3. The summed E-state index contributed by atoms with van der Waals surface area (Å²) in [7, 11) is 5.03. The van der Waals surface area contributed by atoms with Crippen molar-refractivity contribution in [3.8, 4) is 11.1 Å². The molecule has 0 unspecified atom stereocenters. The third-order valence-electron chi connectivity index (χ3n) is 6.08. The number of esters is 1. The van der Waals surface area contributed by atoms with Crippen LogP contribution in [0, 0.1) is 11.2 Å². The lowest BCUT2D eigenvalue weighted by molar-refractivity contribution is -0.134.